The van der Waals surface area contributed by atoms with Gasteiger partial charge in [0.15, 0.2) is 0 Å². The Balaban J connectivity index is 2.67. The van der Waals surface area contributed by atoms with E-state index in [2.05, 4.69) is 9.44 Å². The van der Waals surface area contributed by atoms with Gasteiger partial charge < -0.3 is 5.11 Å². The van der Waals surface area contributed by atoms with Crippen LogP contribution in [-0.2, 0) is 15.0 Å². The normalized spacial score (nSPS) is 20.1. The molecule has 0 atom stereocenters. The van der Waals surface area contributed by atoms with Gasteiger partial charge in [-0.25, -0.2) is 4.72 Å². The molecule has 0 spiro atoms. The first-order valence-corrected chi connectivity index (χ1v) is 5.82. The standard InChI is InChI=1S/C7H14N2O4S/c1-8-14(12,13)9-7(3-2-4-7)5-6(10)11/h8-9H,2-5H2,1H3,(H,10,11). The van der Waals surface area contributed by atoms with Crippen LogP contribution in [0.15, 0.2) is 0 Å². The van der Waals surface area contributed by atoms with Crippen molar-refractivity contribution in [2.24, 2.45) is 0 Å². The molecule has 1 rings (SSSR count). The Morgan fingerprint density at radius 3 is 2.36 bits per heavy atom. The molecular weight excluding hydrogens is 208 g/mol. The zero-order chi connectivity index (χ0) is 10.8. The highest BCUT2D eigenvalue weighted by Crippen LogP contribution is 2.35. The fraction of sp³-hybridized carbons (Fsp3) is 0.857. The topological polar surface area (TPSA) is 95.5 Å². The number of carboxylic acids is 1. The van der Waals surface area contributed by atoms with E-state index in [-0.39, 0.29) is 6.42 Å². The Morgan fingerprint density at radius 1 is 1.50 bits per heavy atom. The fourth-order valence-corrected chi connectivity index (χ4v) is 2.49. The van der Waals surface area contributed by atoms with E-state index in [1.54, 1.807) is 0 Å². The van der Waals surface area contributed by atoms with Crippen LogP contribution in [-0.4, -0.2) is 32.1 Å². The Labute approximate surface area is 82.9 Å². The van der Waals surface area contributed by atoms with Crippen molar-refractivity contribution < 1.29 is 18.3 Å². The molecule has 0 aromatic heterocycles. The summed E-state index contributed by atoms with van der Waals surface area (Å²) in [4.78, 5) is 10.5. The van der Waals surface area contributed by atoms with Crippen molar-refractivity contribution in [3.05, 3.63) is 0 Å². The zero-order valence-electron chi connectivity index (χ0n) is 7.91. The number of carboxylic acid groups (broad SMARTS) is 1. The van der Waals surface area contributed by atoms with Crippen molar-refractivity contribution in [1.82, 2.24) is 9.44 Å². The minimum absolute atomic E-state index is 0.159. The van der Waals surface area contributed by atoms with Crippen molar-refractivity contribution in [3.63, 3.8) is 0 Å². The number of aliphatic carboxylic acids is 1. The molecule has 0 radical (unpaired) electrons. The average Bonchev–Trinajstić information content (AvgIpc) is 1.99. The highest BCUT2D eigenvalue weighted by Gasteiger charge is 2.41. The molecule has 14 heavy (non-hydrogen) atoms. The summed E-state index contributed by atoms with van der Waals surface area (Å²) in [6, 6.07) is 0. The predicted octanol–water partition coefficient (Wildman–Crippen LogP) is -0.562. The van der Waals surface area contributed by atoms with Crippen molar-refractivity contribution in [3.8, 4) is 0 Å². The molecule has 1 fully saturated rings. The van der Waals surface area contributed by atoms with Crippen LogP contribution in [0.3, 0.4) is 0 Å². The SMILES string of the molecule is CNS(=O)(=O)NC1(CC(=O)O)CCC1. The molecule has 1 saturated carbocycles. The lowest BCUT2D eigenvalue weighted by atomic mass is 9.75. The van der Waals surface area contributed by atoms with E-state index in [9.17, 15) is 13.2 Å². The summed E-state index contributed by atoms with van der Waals surface area (Å²) in [6.07, 6.45) is 1.87. The van der Waals surface area contributed by atoms with Crippen LogP contribution in [0, 0.1) is 0 Å². The Bertz CT molecular complexity index is 321. The van der Waals surface area contributed by atoms with Crippen LogP contribution < -0.4 is 9.44 Å². The monoisotopic (exact) mass is 222 g/mol. The molecule has 82 valence electrons. The minimum Gasteiger partial charge on any atom is -0.481 e. The van der Waals surface area contributed by atoms with Crippen LogP contribution >= 0.6 is 0 Å². The average molecular weight is 222 g/mol. The summed E-state index contributed by atoms with van der Waals surface area (Å²) >= 11 is 0. The van der Waals surface area contributed by atoms with E-state index in [1.165, 1.54) is 7.05 Å². The first kappa shape index (κ1) is 11.4. The second-order valence-electron chi connectivity index (χ2n) is 3.51. The van der Waals surface area contributed by atoms with Gasteiger partial charge in [0.25, 0.3) is 10.2 Å². The molecule has 6 nitrogen and oxygen atoms in total. The third-order valence-corrected chi connectivity index (χ3v) is 3.66. The van der Waals surface area contributed by atoms with Gasteiger partial charge in [-0.15, -0.1) is 0 Å². The molecule has 0 aliphatic heterocycles. The summed E-state index contributed by atoms with van der Waals surface area (Å²) in [5.74, 6) is -0.983. The molecule has 0 amide bonds. The van der Waals surface area contributed by atoms with Crippen molar-refractivity contribution in [2.75, 3.05) is 7.05 Å². The number of hydrogen-bond acceptors (Lipinski definition) is 3. The summed E-state index contributed by atoms with van der Waals surface area (Å²) < 4.78 is 26.8. The molecule has 0 saturated heterocycles. The third-order valence-electron chi connectivity index (χ3n) is 2.42. The van der Waals surface area contributed by atoms with E-state index in [1.807, 2.05) is 0 Å². The quantitative estimate of drug-likeness (QED) is 0.581. The highest BCUT2D eigenvalue weighted by molar-refractivity contribution is 7.87. The molecule has 0 aromatic rings. The van der Waals surface area contributed by atoms with Gasteiger partial charge in [-0.05, 0) is 19.3 Å². The predicted molar refractivity (Wildman–Crippen MR) is 50.0 cm³/mol. The van der Waals surface area contributed by atoms with Gasteiger partial charge in [0, 0.05) is 12.6 Å². The maximum absolute atomic E-state index is 11.2. The van der Waals surface area contributed by atoms with Gasteiger partial charge in [0.1, 0.15) is 0 Å². The van der Waals surface area contributed by atoms with Crippen LogP contribution in [0.4, 0.5) is 0 Å². The lowest BCUT2D eigenvalue weighted by Gasteiger charge is -2.40. The Morgan fingerprint density at radius 2 is 2.07 bits per heavy atom. The van der Waals surface area contributed by atoms with Crippen molar-refractivity contribution in [1.29, 1.82) is 0 Å². The van der Waals surface area contributed by atoms with E-state index < -0.39 is 21.7 Å². The maximum atomic E-state index is 11.2. The van der Waals surface area contributed by atoms with Gasteiger partial charge in [0.2, 0.25) is 0 Å². The fourth-order valence-electron chi connectivity index (χ4n) is 1.54. The van der Waals surface area contributed by atoms with Crippen LogP contribution in [0.1, 0.15) is 25.7 Å². The summed E-state index contributed by atoms with van der Waals surface area (Å²) in [7, 11) is -2.26. The molecule has 1 aliphatic rings. The first-order valence-electron chi connectivity index (χ1n) is 4.33. The zero-order valence-corrected chi connectivity index (χ0v) is 8.73. The van der Waals surface area contributed by atoms with Crippen LogP contribution in [0.2, 0.25) is 0 Å². The molecular formula is C7H14N2O4S. The number of rotatable bonds is 5. The lowest BCUT2D eigenvalue weighted by molar-refractivity contribution is -0.139. The van der Waals surface area contributed by atoms with E-state index in [4.69, 9.17) is 5.11 Å². The molecule has 0 unspecified atom stereocenters. The molecule has 1 aliphatic carbocycles. The molecule has 3 N–H and O–H groups in total. The smallest absolute Gasteiger partial charge is 0.305 e. The minimum atomic E-state index is -3.55. The Kier molecular flexibility index (Phi) is 3.13. The van der Waals surface area contributed by atoms with E-state index in [0.717, 1.165) is 6.42 Å². The molecule has 0 bridgehead atoms. The summed E-state index contributed by atoms with van der Waals surface area (Å²) in [5, 5.41) is 8.63. The van der Waals surface area contributed by atoms with Crippen LogP contribution in [0.5, 0.6) is 0 Å². The third kappa shape index (κ3) is 2.66. The molecule has 7 heteroatoms. The number of nitrogens with one attached hydrogen (secondary N) is 2. The van der Waals surface area contributed by atoms with E-state index >= 15 is 0 Å². The second kappa shape index (κ2) is 3.84. The molecule has 0 aromatic carbocycles. The largest absolute Gasteiger partial charge is 0.481 e. The van der Waals surface area contributed by atoms with Crippen molar-refractivity contribution in [2.45, 2.75) is 31.2 Å². The summed E-state index contributed by atoms with van der Waals surface area (Å²) in [6.45, 7) is 0. The van der Waals surface area contributed by atoms with Gasteiger partial charge in [-0.2, -0.15) is 13.1 Å². The first-order chi connectivity index (χ1) is 6.39. The van der Waals surface area contributed by atoms with Gasteiger partial charge in [-0.1, -0.05) is 0 Å². The highest BCUT2D eigenvalue weighted by atomic mass is 32.2. The second-order valence-corrected chi connectivity index (χ2v) is 5.13. The molecule has 0 heterocycles. The van der Waals surface area contributed by atoms with Crippen LogP contribution in [0.25, 0.3) is 0 Å². The maximum Gasteiger partial charge on any atom is 0.305 e. The van der Waals surface area contributed by atoms with E-state index in [0.29, 0.717) is 12.8 Å². The Hall–Kier alpha value is -0.660. The van der Waals surface area contributed by atoms with Gasteiger partial charge in [-0.3, -0.25) is 4.79 Å². The lowest BCUT2D eigenvalue weighted by Crippen LogP contribution is -2.56. The number of hydrogen-bond donors (Lipinski definition) is 3. The van der Waals surface area contributed by atoms with Gasteiger partial charge >= 0.3 is 5.97 Å². The van der Waals surface area contributed by atoms with Crippen molar-refractivity contribution >= 4 is 16.2 Å². The summed E-state index contributed by atoms with van der Waals surface area (Å²) in [5.41, 5.74) is -0.770. The number of carbonyl (C=O) groups is 1. The van der Waals surface area contributed by atoms with Gasteiger partial charge in [0.05, 0.1) is 6.42 Å².